The van der Waals surface area contributed by atoms with Crippen molar-refractivity contribution in [2.75, 3.05) is 5.75 Å². The first-order chi connectivity index (χ1) is 9.09. The number of benzene rings is 1. The minimum absolute atomic E-state index is 0.280. The molecule has 0 radical (unpaired) electrons. The van der Waals surface area contributed by atoms with Crippen molar-refractivity contribution in [1.82, 2.24) is 9.55 Å². The van der Waals surface area contributed by atoms with Crippen LogP contribution in [0.1, 0.15) is 17.5 Å². The Morgan fingerprint density at radius 1 is 1.42 bits per heavy atom. The Labute approximate surface area is 117 Å². The number of aryl methyl sites for hydroxylation is 1. The van der Waals surface area contributed by atoms with Gasteiger partial charge >= 0.3 is 0 Å². The van der Waals surface area contributed by atoms with Gasteiger partial charge in [0.15, 0.2) is 5.16 Å². The molecule has 2 N–H and O–H groups in total. The molecule has 1 amide bonds. The lowest BCUT2D eigenvalue weighted by molar-refractivity contribution is -0.117. The van der Waals surface area contributed by atoms with Crippen LogP contribution in [0.15, 0.2) is 35.7 Å². The summed E-state index contributed by atoms with van der Waals surface area (Å²) in [5.74, 6) is 0.370. The maximum atomic E-state index is 10.8. The van der Waals surface area contributed by atoms with Crippen molar-refractivity contribution >= 4 is 17.7 Å². The number of carbonyl (C=O) groups excluding carboxylic acids is 1. The molecule has 1 aromatic heterocycles. The SMILES string of the molecule is Cc1cccc(-n2ccnc2SCCC(N)=O)c1C. The van der Waals surface area contributed by atoms with Crippen LogP contribution in [0.4, 0.5) is 0 Å². The Morgan fingerprint density at radius 2 is 2.21 bits per heavy atom. The third-order valence-corrected chi connectivity index (χ3v) is 3.99. The molecule has 0 atom stereocenters. The molecule has 2 rings (SSSR count). The smallest absolute Gasteiger partial charge is 0.218 e. The molecule has 0 saturated heterocycles. The number of imidazole rings is 1. The molecule has 0 saturated carbocycles. The average molecular weight is 275 g/mol. The number of nitrogens with two attached hydrogens (primary N) is 1. The van der Waals surface area contributed by atoms with Crippen LogP contribution in [-0.4, -0.2) is 21.2 Å². The largest absolute Gasteiger partial charge is 0.370 e. The molecule has 1 heterocycles. The molecule has 1 aromatic carbocycles. The molecule has 0 aliphatic heterocycles. The second kappa shape index (κ2) is 5.93. The van der Waals surface area contributed by atoms with Gasteiger partial charge in [-0.1, -0.05) is 23.9 Å². The molecule has 0 aliphatic carbocycles. The minimum Gasteiger partial charge on any atom is -0.370 e. The highest BCUT2D eigenvalue weighted by Gasteiger charge is 2.09. The number of carbonyl (C=O) groups is 1. The van der Waals surface area contributed by atoms with E-state index < -0.39 is 0 Å². The van der Waals surface area contributed by atoms with Crippen LogP contribution in [0.25, 0.3) is 5.69 Å². The highest BCUT2D eigenvalue weighted by atomic mass is 32.2. The molecular weight excluding hydrogens is 258 g/mol. The third-order valence-electron chi connectivity index (χ3n) is 3.02. The Morgan fingerprint density at radius 3 is 2.95 bits per heavy atom. The molecule has 19 heavy (non-hydrogen) atoms. The highest BCUT2D eigenvalue weighted by Crippen LogP contribution is 2.24. The lowest BCUT2D eigenvalue weighted by Crippen LogP contribution is -2.11. The van der Waals surface area contributed by atoms with Gasteiger partial charge in [0.25, 0.3) is 0 Å². The average Bonchev–Trinajstić information content (AvgIpc) is 2.80. The third kappa shape index (κ3) is 3.17. The van der Waals surface area contributed by atoms with Crippen molar-refractivity contribution in [3.05, 3.63) is 41.7 Å². The monoisotopic (exact) mass is 275 g/mol. The van der Waals surface area contributed by atoms with Crippen molar-refractivity contribution in [2.24, 2.45) is 5.73 Å². The normalized spacial score (nSPS) is 10.6. The second-order valence-electron chi connectivity index (χ2n) is 4.36. The molecule has 2 aromatic rings. The van der Waals surface area contributed by atoms with Gasteiger partial charge in [0, 0.05) is 24.6 Å². The molecular formula is C14H17N3OS. The fraction of sp³-hybridized carbons (Fsp3) is 0.286. The quantitative estimate of drug-likeness (QED) is 0.853. The Hall–Kier alpha value is -1.75. The standard InChI is InChI=1S/C14H17N3OS/c1-10-4-3-5-12(11(10)2)17-8-7-16-14(17)19-9-6-13(15)18/h3-5,7-8H,6,9H2,1-2H3,(H2,15,18). The number of rotatable bonds is 5. The molecule has 0 unspecified atom stereocenters. The van der Waals surface area contributed by atoms with E-state index in [1.54, 1.807) is 18.0 Å². The number of amides is 1. The Balaban J connectivity index is 2.24. The van der Waals surface area contributed by atoms with Crippen LogP contribution in [0.5, 0.6) is 0 Å². The summed E-state index contributed by atoms with van der Waals surface area (Å²) in [6.07, 6.45) is 4.08. The number of hydrogen-bond donors (Lipinski definition) is 1. The lowest BCUT2D eigenvalue weighted by atomic mass is 10.1. The molecule has 100 valence electrons. The maximum absolute atomic E-state index is 10.8. The van der Waals surface area contributed by atoms with Crippen LogP contribution in [0, 0.1) is 13.8 Å². The van der Waals surface area contributed by atoms with Crippen molar-refractivity contribution in [1.29, 1.82) is 0 Å². The van der Waals surface area contributed by atoms with E-state index in [9.17, 15) is 4.79 Å². The number of thioether (sulfide) groups is 1. The molecule has 4 nitrogen and oxygen atoms in total. The first kappa shape index (κ1) is 13.7. The van der Waals surface area contributed by atoms with Gasteiger partial charge in [-0.2, -0.15) is 0 Å². The zero-order valence-corrected chi connectivity index (χ0v) is 11.9. The van der Waals surface area contributed by atoms with Crippen LogP contribution < -0.4 is 5.73 Å². The van der Waals surface area contributed by atoms with Crippen molar-refractivity contribution < 1.29 is 4.79 Å². The summed E-state index contributed by atoms with van der Waals surface area (Å²) in [4.78, 5) is 15.1. The topological polar surface area (TPSA) is 60.9 Å². The number of aromatic nitrogens is 2. The van der Waals surface area contributed by atoms with Gasteiger partial charge in [0.2, 0.25) is 5.91 Å². The molecule has 0 fully saturated rings. The molecule has 5 heteroatoms. The summed E-state index contributed by atoms with van der Waals surface area (Å²) in [7, 11) is 0. The summed E-state index contributed by atoms with van der Waals surface area (Å²) in [6.45, 7) is 4.19. The summed E-state index contributed by atoms with van der Waals surface area (Å²) >= 11 is 1.54. The predicted molar refractivity (Wildman–Crippen MR) is 77.6 cm³/mol. The van der Waals surface area contributed by atoms with Gasteiger partial charge in [0.05, 0.1) is 5.69 Å². The summed E-state index contributed by atoms with van der Waals surface area (Å²) in [5.41, 5.74) is 8.75. The fourth-order valence-electron chi connectivity index (χ4n) is 1.82. The predicted octanol–water partition coefficient (Wildman–Crippen LogP) is 2.46. The van der Waals surface area contributed by atoms with Gasteiger partial charge in [-0.05, 0) is 31.0 Å². The molecule has 0 bridgehead atoms. The van der Waals surface area contributed by atoms with Crippen molar-refractivity contribution in [3.63, 3.8) is 0 Å². The summed E-state index contributed by atoms with van der Waals surface area (Å²) < 4.78 is 2.05. The van der Waals surface area contributed by atoms with E-state index in [4.69, 9.17) is 5.73 Å². The second-order valence-corrected chi connectivity index (χ2v) is 5.43. The fourth-order valence-corrected chi connectivity index (χ4v) is 2.74. The van der Waals surface area contributed by atoms with E-state index in [0.29, 0.717) is 12.2 Å². The van der Waals surface area contributed by atoms with E-state index in [1.807, 2.05) is 16.8 Å². The van der Waals surface area contributed by atoms with Crippen LogP contribution in [0.2, 0.25) is 0 Å². The first-order valence-corrected chi connectivity index (χ1v) is 7.09. The molecule has 0 aliphatic rings. The first-order valence-electron chi connectivity index (χ1n) is 6.10. The number of hydrogen-bond acceptors (Lipinski definition) is 3. The van der Waals surface area contributed by atoms with E-state index in [1.165, 1.54) is 11.1 Å². The van der Waals surface area contributed by atoms with Crippen molar-refractivity contribution in [2.45, 2.75) is 25.4 Å². The highest BCUT2D eigenvalue weighted by molar-refractivity contribution is 7.99. The van der Waals surface area contributed by atoms with Crippen molar-refractivity contribution in [3.8, 4) is 5.69 Å². The summed E-state index contributed by atoms with van der Waals surface area (Å²) in [6, 6.07) is 6.20. The number of primary amides is 1. The van der Waals surface area contributed by atoms with Gasteiger partial charge in [-0.15, -0.1) is 0 Å². The van der Waals surface area contributed by atoms with E-state index in [0.717, 1.165) is 10.8 Å². The van der Waals surface area contributed by atoms with Gasteiger partial charge in [-0.3, -0.25) is 9.36 Å². The van der Waals surface area contributed by atoms with E-state index in [-0.39, 0.29) is 5.91 Å². The van der Waals surface area contributed by atoms with Gasteiger partial charge < -0.3 is 5.73 Å². The minimum atomic E-state index is -0.280. The van der Waals surface area contributed by atoms with Crippen LogP contribution in [-0.2, 0) is 4.79 Å². The lowest BCUT2D eigenvalue weighted by Gasteiger charge is -2.12. The maximum Gasteiger partial charge on any atom is 0.218 e. The zero-order chi connectivity index (χ0) is 13.8. The van der Waals surface area contributed by atoms with Crippen LogP contribution in [0.3, 0.4) is 0 Å². The summed E-state index contributed by atoms with van der Waals surface area (Å²) in [5, 5.41) is 0.884. The molecule has 0 spiro atoms. The van der Waals surface area contributed by atoms with Crippen LogP contribution >= 0.6 is 11.8 Å². The Bertz CT molecular complexity index is 592. The number of nitrogens with zero attached hydrogens (tertiary/aromatic N) is 2. The van der Waals surface area contributed by atoms with Gasteiger partial charge in [0.1, 0.15) is 0 Å². The Kier molecular flexibility index (Phi) is 4.27. The van der Waals surface area contributed by atoms with E-state index in [2.05, 4.69) is 31.0 Å². The van der Waals surface area contributed by atoms with Gasteiger partial charge in [-0.25, -0.2) is 4.98 Å². The zero-order valence-electron chi connectivity index (χ0n) is 11.1. The van der Waals surface area contributed by atoms with E-state index >= 15 is 0 Å².